The second kappa shape index (κ2) is 7.58. The first-order chi connectivity index (χ1) is 10.5. The maximum absolute atomic E-state index is 12.5. The summed E-state index contributed by atoms with van der Waals surface area (Å²) in [6, 6.07) is 3.90. The molecule has 2 heterocycles. The molecule has 0 N–H and O–H groups in total. The van der Waals surface area contributed by atoms with Crippen LogP contribution in [0.1, 0.15) is 31.7 Å². The standard InChI is InChI=1S/C17H27N3O2/c1-5-15(19(3)4)17(21)20-10-8-14(9-11-20)22-16-7-6-13(2)12-18-16/h6-7,12,14-15H,5,8-11H2,1-4H3/t15-/m1/s1. The van der Waals surface area contributed by atoms with Crippen LogP contribution in [0.5, 0.6) is 5.88 Å². The van der Waals surface area contributed by atoms with Crippen LogP contribution in [0.4, 0.5) is 0 Å². The Morgan fingerprint density at radius 1 is 1.41 bits per heavy atom. The largest absolute Gasteiger partial charge is 0.474 e. The highest BCUT2D eigenvalue weighted by molar-refractivity contribution is 5.81. The Hall–Kier alpha value is -1.62. The monoisotopic (exact) mass is 305 g/mol. The zero-order valence-electron chi connectivity index (χ0n) is 14.1. The number of hydrogen-bond acceptors (Lipinski definition) is 4. The van der Waals surface area contributed by atoms with Gasteiger partial charge in [-0.15, -0.1) is 0 Å². The Morgan fingerprint density at radius 2 is 2.09 bits per heavy atom. The van der Waals surface area contributed by atoms with Gasteiger partial charge in [0.1, 0.15) is 6.10 Å². The van der Waals surface area contributed by atoms with Gasteiger partial charge in [0.2, 0.25) is 11.8 Å². The minimum atomic E-state index is -0.0174. The molecule has 1 aliphatic heterocycles. The minimum absolute atomic E-state index is 0.0174. The van der Waals surface area contributed by atoms with Crippen molar-refractivity contribution in [3.63, 3.8) is 0 Å². The van der Waals surface area contributed by atoms with Gasteiger partial charge in [-0.25, -0.2) is 4.98 Å². The average Bonchev–Trinajstić information content (AvgIpc) is 2.50. The minimum Gasteiger partial charge on any atom is -0.474 e. The molecule has 0 aliphatic carbocycles. The Kier molecular flexibility index (Phi) is 5.77. The third-order valence-corrected chi connectivity index (χ3v) is 4.22. The van der Waals surface area contributed by atoms with E-state index in [4.69, 9.17) is 4.74 Å². The number of likely N-dealkylation sites (tertiary alicyclic amines) is 1. The van der Waals surface area contributed by atoms with Gasteiger partial charge in [-0.05, 0) is 33.0 Å². The summed E-state index contributed by atoms with van der Waals surface area (Å²) >= 11 is 0. The van der Waals surface area contributed by atoms with E-state index in [1.54, 1.807) is 0 Å². The van der Waals surface area contributed by atoms with Crippen molar-refractivity contribution < 1.29 is 9.53 Å². The maximum Gasteiger partial charge on any atom is 0.239 e. The van der Waals surface area contributed by atoms with E-state index in [-0.39, 0.29) is 18.1 Å². The van der Waals surface area contributed by atoms with E-state index in [1.807, 2.05) is 49.1 Å². The first-order valence-corrected chi connectivity index (χ1v) is 8.05. The van der Waals surface area contributed by atoms with Crippen LogP contribution in [-0.2, 0) is 4.79 Å². The summed E-state index contributed by atoms with van der Waals surface area (Å²) in [5.41, 5.74) is 1.13. The quantitative estimate of drug-likeness (QED) is 0.836. The lowest BCUT2D eigenvalue weighted by molar-refractivity contribution is -0.138. The van der Waals surface area contributed by atoms with Gasteiger partial charge in [-0.2, -0.15) is 0 Å². The fraction of sp³-hybridized carbons (Fsp3) is 0.647. The van der Waals surface area contributed by atoms with Crippen molar-refractivity contribution in [3.05, 3.63) is 23.9 Å². The molecule has 5 nitrogen and oxygen atoms in total. The van der Waals surface area contributed by atoms with E-state index in [9.17, 15) is 4.79 Å². The molecule has 0 aromatic carbocycles. The lowest BCUT2D eigenvalue weighted by atomic mass is 10.1. The lowest BCUT2D eigenvalue weighted by Crippen LogP contribution is -2.49. The summed E-state index contributed by atoms with van der Waals surface area (Å²) in [4.78, 5) is 20.8. The van der Waals surface area contributed by atoms with Crippen LogP contribution in [0.2, 0.25) is 0 Å². The van der Waals surface area contributed by atoms with Crippen molar-refractivity contribution in [3.8, 4) is 5.88 Å². The van der Waals surface area contributed by atoms with Crippen LogP contribution in [-0.4, -0.2) is 60.0 Å². The van der Waals surface area contributed by atoms with E-state index < -0.39 is 0 Å². The van der Waals surface area contributed by atoms with E-state index in [0.717, 1.165) is 37.9 Å². The molecule has 0 unspecified atom stereocenters. The van der Waals surface area contributed by atoms with Crippen LogP contribution in [0.15, 0.2) is 18.3 Å². The highest BCUT2D eigenvalue weighted by Crippen LogP contribution is 2.19. The number of ether oxygens (including phenoxy) is 1. The van der Waals surface area contributed by atoms with Crippen molar-refractivity contribution >= 4 is 5.91 Å². The highest BCUT2D eigenvalue weighted by atomic mass is 16.5. The Labute approximate surface area is 133 Å². The summed E-state index contributed by atoms with van der Waals surface area (Å²) in [5.74, 6) is 0.912. The number of nitrogens with zero attached hydrogens (tertiary/aromatic N) is 3. The zero-order valence-corrected chi connectivity index (χ0v) is 14.1. The van der Waals surface area contributed by atoms with Gasteiger partial charge in [0, 0.05) is 38.2 Å². The predicted molar refractivity (Wildman–Crippen MR) is 87.0 cm³/mol. The van der Waals surface area contributed by atoms with Gasteiger partial charge in [0.25, 0.3) is 0 Å². The number of hydrogen-bond donors (Lipinski definition) is 0. The molecule has 5 heteroatoms. The molecule has 22 heavy (non-hydrogen) atoms. The van der Waals surface area contributed by atoms with Crippen LogP contribution in [0, 0.1) is 6.92 Å². The Morgan fingerprint density at radius 3 is 2.59 bits per heavy atom. The molecule has 1 aromatic heterocycles. The van der Waals surface area contributed by atoms with Crippen LogP contribution in [0.25, 0.3) is 0 Å². The van der Waals surface area contributed by atoms with Gasteiger partial charge in [-0.1, -0.05) is 13.0 Å². The summed E-state index contributed by atoms with van der Waals surface area (Å²) in [6.07, 6.45) is 4.54. The molecule has 122 valence electrons. The summed E-state index contributed by atoms with van der Waals surface area (Å²) in [6.45, 7) is 5.59. The normalized spacial score (nSPS) is 17.6. The fourth-order valence-corrected chi connectivity index (χ4v) is 2.86. The van der Waals surface area contributed by atoms with E-state index in [1.165, 1.54) is 0 Å². The smallest absolute Gasteiger partial charge is 0.239 e. The zero-order chi connectivity index (χ0) is 16.1. The number of carbonyl (C=O) groups is 1. The van der Waals surface area contributed by atoms with Crippen molar-refractivity contribution in [2.24, 2.45) is 0 Å². The van der Waals surface area contributed by atoms with Crippen LogP contribution in [0.3, 0.4) is 0 Å². The second-order valence-corrected chi connectivity index (χ2v) is 6.20. The third-order valence-electron chi connectivity index (χ3n) is 4.22. The first kappa shape index (κ1) is 16.7. The van der Waals surface area contributed by atoms with Gasteiger partial charge in [0.05, 0.1) is 6.04 Å². The summed E-state index contributed by atoms with van der Waals surface area (Å²) in [7, 11) is 3.93. The molecule has 0 spiro atoms. The molecule has 0 saturated carbocycles. The van der Waals surface area contributed by atoms with Crippen molar-refractivity contribution in [2.45, 2.75) is 45.3 Å². The van der Waals surface area contributed by atoms with Crippen molar-refractivity contribution in [1.82, 2.24) is 14.8 Å². The molecule has 1 aromatic rings. The fourth-order valence-electron chi connectivity index (χ4n) is 2.86. The van der Waals surface area contributed by atoms with Gasteiger partial charge < -0.3 is 9.64 Å². The maximum atomic E-state index is 12.5. The molecule has 0 radical (unpaired) electrons. The molecular weight excluding hydrogens is 278 g/mol. The van der Waals surface area contributed by atoms with Gasteiger partial charge >= 0.3 is 0 Å². The molecule has 1 saturated heterocycles. The van der Waals surface area contributed by atoms with E-state index in [2.05, 4.69) is 11.9 Å². The van der Waals surface area contributed by atoms with Crippen molar-refractivity contribution in [2.75, 3.05) is 27.2 Å². The summed E-state index contributed by atoms with van der Waals surface area (Å²) < 4.78 is 5.91. The number of amides is 1. The number of aromatic nitrogens is 1. The number of carbonyl (C=O) groups excluding carboxylic acids is 1. The van der Waals surface area contributed by atoms with E-state index >= 15 is 0 Å². The molecule has 2 rings (SSSR count). The van der Waals surface area contributed by atoms with E-state index in [0.29, 0.717) is 5.88 Å². The molecular formula is C17H27N3O2. The van der Waals surface area contributed by atoms with Gasteiger partial charge in [0.15, 0.2) is 0 Å². The third kappa shape index (κ3) is 4.19. The highest BCUT2D eigenvalue weighted by Gasteiger charge is 2.29. The average molecular weight is 305 g/mol. The number of likely N-dealkylation sites (N-methyl/N-ethyl adjacent to an activating group) is 1. The summed E-state index contributed by atoms with van der Waals surface area (Å²) in [5, 5.41) is 0. The number of pyridine rings is 1. The van der Waals surface area contributed by atoms with Crippen LogP contribution < -0.4 is 4.74 Å². The SMILES string of the molecule is CC[C@H](C(=O)N1CCC(Oc2ccc(C)cn2)CC1)N(C)C. The predicted octanol–water partition coefficient (Wildman–Crippen LogP) is 2.10. The topological polar surface area (TPSA) is 45.7 Å². The second-order valence-electron chi connectivity index (χ2n) is 6.20. The number of aryl methyl sites for hydroxylation is 1. The Bertz CT molecular complexity index is 479. The molecule has 0 bridgehead atoms. The van der Waals surface area contributed by atoms with Crippen LogP contribution >= 0.6 is 0 Å². The molecule has 1 atom stereocenters. The Balaban J connectivity index is 1.85. The molecule has 1 fully saturated rings. The van der Waals surface area contributed by atoms with Crippen molar-refractivity contribution in [1.29, 1.82) is 0 Å². The molecule has 1 amide bonds. The number of piperidine rings is 1. The lowest BCUT2D eigenvalue weighted by Gasteiger charge is -2.35. The number of rotatable bonds is 5. The molecule has 1 aliphatic rings. The first-order valence-electron chi connectivity index (χ1n) is 8.05. The van der Waals surface area contributed by atoms with Gasteiger partial charge in [-0.3, -0.25) is 9.69 Å².